The third-order valence-corrected chi connectivity index (χ3v) is 6.31. The summed E-state index contributed by atoms with van der Waals surface area (Å²) in [7, 11) is 0. The lowest BCUT2D eigenvalue weighted by Crippen LogP contribution is -2.33. The Hall–Kier alpha value is -2.60. The number of aromatic nitrogens is 4. The van der Waals surface area contributed by atoms with E-state index in [0.29, 0.717) is 19.0 Å². The molecule has 6 nitrogen and oxygen atoms in total. The molecule has 0 radical (unpaired) electrons. The summed E-state index contributed by atoms with van der Waals surface area (Å²) in [6.45, 7) is 4.76. The van der Waals surface area contributed by atoms with E-state index in [1.54, 1.807) is 0 Å². The van der Waals surface area contributed by atoms with Gasteiger partial charge in [0.25, 0.3) is 0 Å². The van der Waals surface area contributed by atoms with Gasteiger partial charge in [0.05, 0.1) is 36.1 Å². The lowest BCUT2D eigenvalue weighted by atomic mass is 10.1. The van der Waals surface area contributed by atoms with Crippen molar-refractivity contribution in [3.8, 4) is 11.4 Å². The van der Waals surface area contributed by atoms with Crippen LogP contribution in [0.1, 0.15) is 44.1 Å². The number of Topliss-reactive ketones (excluding diaryl/α,β-unsaturated/α-hetero) is 1. The molecule has 3 aromatic rings. The van der Waals surface area contributed by atoms with Crippen molar-refractivity contribution >= 4 is 16.7 Å². The fraction of sp³-hybridized carbons (Fsp3) is 0.478. The van der Waals surface area contributed by atoms with E-state index in [1.165, 1.54) is 25.7 Å². The Morgan fingerprint density at radius 2 is 2.07 bits per heavy atom. The van der Waals surface area contributed by atoms with Crippen molar-refractivity contribution in [1.29, 1.82) is 0 Å². The molecule has 0 amide bonds. The number of hydrogen-bond donors (Lipinski definition) is 0. The first-order chi connectivity index (χ1) is 14.2. The summed E-state index contributed by atoms with van der Waals surface area (Å²) in [6.07, 6.45) is 9.96. The number of imidazole rings is 1. The quantitative estimate of drug-likeness (QED) is 0.669. The van der Waals surface area contributed by atoms with E-state index in [0.717, 1.165) is 53.3 Å². The van der Waals surface area contributed by atoms with E-state index in [-0.39, 0.29) is 5.78 Å². The Labute approximate surface area is 171 Å². The molecule has 29 heavy (non-hydrogen) atoms. The largest absolute Gasteiger partial charge is 0.327 e. The number of hydrogen-bond acceptors (Lipinski definition) is 5. The van der Waals surface area contributed by atoms with Gasteiger partial charge in [0.2, 0.25) is 0 Å². The summed E-state index contributed by atoms with van der Waals surface area (Å²) in [5.41, 5.74) is 3.71. The average Bonchev–Trinajstić information content (AvgIpc) is 3.34. The number of fused-ring (bicyclic) bond motifs is 2. The van der Waals surface area contributed by atoms with Crippen LogP contribution >= 0.6 is 0 Å². The highest BCUT2D eigenvalue weighted by molar-refractivity contribution is 5.85. The predicted octanol–water partition coefficient (Wildman–Crippen LogP) is 3.43. The summed E-state index contributed by atoms with van der Waals surface area (Å²) in [6, 6.07) is 6.58. The molecule has 0 unspecified atom stereocenters. The molecule has 0 aliphatic carbocycles. The fourth-order valence-electron chi connectivity index (χ4n) is 4.63. The lowest BCUT2D eigenvalue weighted by molar-refractivity contribution is -0.119. The fourth-order valence-corrected chi connectivity index (χ4v) is 4.63. The highest BCUT2D eigenvalue weighted by Crippen LogP contribution is 2.25. The number of nitrogens with zero attached hydrogens (tertiary/aromatic N) is 5. The second-order valence-corrected chi connectivity index (χ2v) is 8.41. The standard InChI is InChI=1S/C23H27N5O/c1-16-5-4-9-27(16)15-19(29)11-18-12-21-17(13-24-18)7-8-20(26-21)22-14-25-23-6-2-3-10-28(22)23/h7-8,12-14,16H,2-6,9-11,15H2,1H3/t16-/m1/s1. The first-order valence-corrected chi connectivity index (χ1v) is 10.7. The number of carbonyl (C=O) groups is 1. The van der Waals surface area contributed by atoms with Crippen LogP contribution in [-0.2, 0) is 24.2 Å². The van der Waals surface area contributed by atoms with E-state index in [9.17, 15) is 4.79 Å². The van der Waals surface area contributed by atoms with Gasteiger partial charge in [-0.25, -0.2) is 9.97 Å². The van der Waals surface area contributed by atoms with Crippen LogP contribution in [0.5, 0.6) is 0 Å². The van der Waals surface area contributed by atoms with Crippen molar-refractivity contribution in [3.05, 3.63) is 42.1 Å². The molecular weight excluding hydrogens is 362 g/mol. The van der Waals surface area contributed by atoms with Crippen LogP contribution in [0.15, 0.2) is 30.6 Å². The molecule has 1 saturated heterocycles. The summed E-state index contributed by atoms with van der Waals surface area (Å²) >= 11 is 0. The number of carbonyl (C=O) groups excluding carboxylic acids is 1. The Morgan fingerprint density at radius 3 is 2.93 bits per heavy atom. The third-order valence-electron chi connectivity index (χ3n) is 6.31. The first kappa shape index (κ1) is 18.4. The Bertz CT molecular complexity index is 1060. The van der Waals surface area contributed by atoms with Crippen LogP contribution in [-0.4, -0.2) is 49.3 Å². The molecule has 2 aliphatic rings. The van der Waals surface area contributed by atoms with Crippen LogP contribution in [0.4, 0.5) is 0 Å². The minimum Gasteiger partial charge on any atom is -0.327 e. The summed E-state index contributed by atoms with van der Waals surface area (Å²) in [4.78, 5) is 28.8. The van der Waals surface area contributed by atoms with Crippen LogP contribution in [0, 0.1) is 0 Å². The number of rotatable bonds is 5. The Balaban J connectivity index is 1.38. The minimum atomic E-state index is 0.228. The second kappa shape index (κ2) is 7.67. The first-order valence-electron chi connectivity index (χ1n) is 10.7. The van der Waals surface area contributed by atoms with Gasteiger partial charge in [0.1, 0.15) is 5.82 Å². The van der Waals surface area contributed by atoms with Crippen molar-refractivity contribution in [3.63, 3.8) is 0 Å². The topological polar surface area (TPSA) is 63.9 Å². The van der Waals surface area contributed by atoms with E-state index in [1.807, 2.05) is 24.5 Å². The maximum absolute atomic E-state index is 12.6. The molecule has 0 saturated carbocycles. The lowest BCUT2D eigenvalue weighted by Gasteiger charge is -2.19. The Morgan fingerprint density at radius 1 is 1.14 bits per heavy atom. The van der Waals surface area contributed by atoms with Crippen molar-refractivity contribution < 1.29 is 4.79 Å². The normalized spacial score (nSPS) is 19.6. The smallest absolute Gasteiger partial charge is 0.152 e. The third kappa shape index (κ3) is 3.69. The molecule has 3 aromatic heterocycles. The van der Waals surface area contributed by atoms with Crippen LogP contribution in [0.3, 0.4) is 0 Å². The van der Waals surface area contributed by atoms with Crippen molar-refractivity contribution in [1.82, 2.24) is 24.4 Å². The van der Waals surface area contributed by atoms with E-state index in [2.05, 4.69) is 32.4 Å². The molecule has 0 bridgehead atoms. The SMILES string of the molecule is C[C@@H]1CCCN1CC(=O)Cc1cc2nc(-c3cnc4n3CCCC4)ccc2cn1. The molecule has 1 fully saturated rings. The monoisotopic (exact) mass is 389 g/mol. The molecule has 1 atom stereocenters. The van der Waals surface area contributed by atoms with Crippen LogP contribution < -0.4 is 0 Å². The summed E-state index contributed by atoms with van der Waals surface area (Å²) in [5.74, 6) is 1.39. The maximum Gasteiger partial charge on any atom is 0.152 e. The Kier molecular flexibility index (Phi) is 4.87. The van der Waals surface area contributed by atoms with Gasteiger partial charge in [0.15, 0.2) is 5.78 Å². The number of ketones is 1. The predicted molar refractivity (Wildman–Crippen MR) is 113 cm³/mol. The summed E-state index contributed by atoms with van der Waals surface area (Å²) in [5, 5.41) is 0.997. The highest BCUT2D eigenvalue weighted by Gasteiger charge is 2.22. The van der Waals surface area contributed by atoms with E-state index >= 15 is 0 Å². The molecule has 0 aromatic carbocycles. The van der Waals surface area contributed by atoms with Gasteiger partial charge in [-0.2, -0.15) is 0 Å². The molecule has 0 N–H and O–H groups in total. The van der Waals surface area contributed by atoms with Gasteiger partial charge >= 0.3 is 0 Å². The van der Waals surface area contributed by atoms with Gasteiger partial charge < -0.3 is 4.57 Å². The molecule has 0 spiro atoms. The van der Waals surface area contributed by atoms with Crippen LogP contribution in [0.25, 0.3) is 22.3 Å². The van der Waals surface area contributed by atoms with Gasteiger partial charge in [-0.3, -0.25) is 14.7 Å². The molecular formula is C23H27N5O. The average molecular weight is 390 g/mol. The van der Waals surface area contributed by atoms with Crippen molar-refractivity contribution in [2.24, 2.45) is 0 Å². The van der Waals surface area contributed by atoms with Gasteiger partial charge in [-0.1, -0.05) is 0 Å². The van der Waals surface area contributed by atoms with Crippen molar-refractivity contribution in [2.75, 3.05) is 13.1 Å². The van der Waals surface area contributed by atoms with Crippen molar-refractivity contribution in [2.45, 2.75) is 58.0 Å². The highest BCUT2D eigenvalue weighted by atomic mass is 16.1. The van der Waals surface area contributed by atoms with Gasteiger partial charge in [-0.15, -0.1) is 0 Å². The second-order valence-electron chi connectivity index (χ2n) is 8.41. The van der Waals surface area contributed by atoms with E-state index in [4.69, 9.17) is 4.98 Å². The summed E-state index contributed by atoms with van der Waals surface area (Å²) < 4.78 is 2.29. The van der Waals surface area contributed by atoms with Gasteiger partial charge in [-0.05, 0) is 57.4 Å². The zero-order chi connectivity index (χ0) is 19.8. The van der Waals surface area contributed by atoms with Gasteiger partial charge in [0, 0.05) is 36.3 Å². The molecule has 5 rings (SSSR count). The zero-order valence-corrected chi connectivity index (χ0v) is 17.0. The molecule has 5 heterocycles. The van der Waals surface area contributed by atoms with E-state index < -0.39 is 0 Å². The molecule has 2 aliphatic heterocycles. The molecule has 6 heteroatoms. The zero-order valence-electron chi connectivity index (χ0n) is 17.0. The maximum atomic E-state index is 12.6. The van der Waals surface area contributed by atoms with Crippen LogP contribution in [0.2, 0.25) is 0 Å². The number of pyridine rings is 2. The number of aryl methyl sites for hydroxylation is 1. The minimum absolute atomic E-state index is 0.228. The number of likely N-dealkylation sites (tertiary alicyclic amines) is 1. The molecule has 150 valence electrons.